The lowest BCUT2D eigenvalue weighted by Crippen LogP contribution is -3.00. The quantitative estimate of drug-likeness (QED) is 0.885. The zero-order chi connectivity index (χ0) is 14.2. The molecule has 1 aromatic rings. The average Bonchev–Trinajstić information content (AvgIpc) is 2.85. The summed E-state index contributed by atoms with van der Waals surface area (Å²) in [5.74, 6) is 0.713. The number of aliphatic hydroxyl groups excluding tert-OH is 1. The van der Waals surface area contributed by atoms with E-state index in [2.05, 4.69) is 0 Å². The number of aliphatic hydroxyl groups is 1. The molecular weight excluding hydrogens is 327 g/mol. The Morgan fingerprint density at radius 2 is 1.76 bits per heavy atom. The lowest BCUT2D eigenvalue weighted by atomic mass is 9.60. The smallest absolute Gasteiger partial charge is 0.0639 e. The van der Waals surface area contributed by atoms with Gasteiger partial charge in [-0.2, -0.15) is 0 Å². The first kappa shape index (κ1) is 17.4. The Morgan fingerprint density at radius 3 is 2.29 bits per heavy atom. The van der Waals surface area contributed by atoms with E-state index in [0.717, 1.165) is 19.3 Å². The van der Waals surface area contributed by atoms with E-state index in [1.165, 1.54) is 37.7 Å². The Hall–Kier alpha value is 0.0500. The van der Waals surface area contributed by atoms with Crippen LogP contribution < -0.4 is 12.4 Å². The van der Waals surface area contributed by atoms with Gasteiger partial charge in [0.15, 0.2) is 0 Å². The van der Waals surface area contributed by atoms with Gasteiger partial charge < -0.3 is 17.5 Å². The minimum Gasteiger partial charge on any atom is -1.00 e. The van der Waals surface area contributed by atoms with E-state index in [4.69, 9.17) is 23.2 Å². The molecule has 0 heterocycles. The molecule has 0 amide bonds. The molecule has 2 aliphatic rings. The van der Waals surface area contributed by atoms with Gasteiger partial charge >= 0.3 is 0 Å². The first-order valence-corrected chi connectivity index (χ1v) is 8.51. The molecule has 0 aliphatic heterocycles. The van der Waals surface area contributed by atoms with Crippen LogP contribution in [0, 0.1) is 5.92 Å². The fourth-order valence-corrected chi connectivity index (χ4v) is 4.26. The molecule has 21 heavy (non-hydrogen) atoms. The van der Waals surface area contributed by atoms with Gasteiger partial charge in [-0.1, -0.05) is 61.4 Å². The zero-order valence-electron chi connectivity index (χ0n) is 12.1. The molecular formula is C17H22Cl3O-. The van der Waals surface area contributed by atoms with Gasteiger partial charge in [-0.3, -0.25) is 0 Å². The molecule has 4 heteroatoms. The van der Waals surface area contributed by atoms with Gasteiger partial charge in [0.1, 0.15) is 0 Å². The van der Waals surface area contributed by atoms with E-state index in [0.29, 0.717) is 16.0 Å². The SMILES string of the molecule is OC(CC1CCCC1)C1(c2ccc(Cl)c(Cl)c2)CCC1.[Cl-]. The number of hydrogen-bond donors (Lipinski definition) is 1. The van der Waals surface area contributed by atoms with Crippen molar-refractivity contribution in [1.29, 1.82) is 0 Å². The maximum Gasteiger partial charge on any atom is 0.0639 e. The number of rotatable bonds is 4. The molecule has 1 unspecified atom stereocenters. The van der Waals surface area contributed by atoms with Gasteiger partial charge in [0.05, 0.1) is 16.1 Å². The van der Waals surface area contributed by atoms with Gasteiger partial charge in [-0.25, -0.2) is 0 Å². The third kappa shape index (κ3) is 3.37. The maximum atomic E-state index is 10.8. The summed E-state index contributed by atoms with van der Waals surface area (Å²) in [6.07, 6.45) is 9.27. The van der Waals surface area contributed by atoms with Crippen LogP contribution in [0.15, 0.2) is 18.2 Å². The Bertz CT molecular complexity index is 479. The third-order valence-electron chi connectivity index (χ3n) is 5.41. The van der Waals surface area contributed by atoms with Crippen molar-refractivity contribution >= 4 is 23.2 Å². The van der Waals surface area contributed by atoms with Crippen LogP contribution in [0.3, 0.4) is 0 Å². The summed E-state index contributed by atoms with van der Waals surface area (Å²) in [5, 5.41) is 12.0. The predicted octanol–water partition coefficient (Wildman–Crippen LogP) is 2.36. The minimum atomic E-state index is -0.239. The molecule has 0 saturated heterocycles. The highest BCUT2D eigenvalue weighted by Gasteiger charge is 2.45. The summed E-state index contributed by atoms with van der Waals surface area (Å²) >= 11 is 12.2. The normalized spacial score (nSPS) is 22.4. The van der Waals surface area contributed by atoms with E-state index in [-0.39, 0.29) is 23.9 Å². The van der Waals surface area contributed by atoms with Crippen LogP contribution in [0.4, 0.5) is 0 Å². The molecule has 1 nitrogen and oxygen atoms in total. The molecule has 1 N–H and O–H groups in total. The summed E-state index contributed by atoms with van der Waals surface area (Å²) in [6.45, 7) is 0. The van der Waals surface area contributed by atoms with Crippen molar-refractivity contribution in [2.75, 3.05) is 0 Å². The van der Waals surface area contributed by atoms with Crippen LogP contribution in [0.25, 0.3) is 0 Å². The second kappa shape index (κ2) is 7.08. The number of benzene rings is 1. The molecule has 2 fully saturated rings. The summed E-state index contributed by atoms with van der Waals surface area (Å²) in [6, 6.07) is 5.87. The van der Waals surface area contributed by atoms with Crippen LogP contribution in [-0.4, -0.2) is 11.2 Å². The van der Waals surface area contributed by atoms with E-state index >= 15 is 0 Å². The molecule has 3 rings (SSSR count). The van der Waals surface area contributed by atoms with E-state index in [1.54, 1.807) is 0 Å². The topological polar surface area (TPSA) is 20.2 Å². The largest absolute Gasteiger partial charge is 1.00 e. The molecule has 2 aliphatic carbocycles. The van der Waals surface area contributed by atoms with Crippen LogP contribution in [-0.2, 0) is 5.41 Å². The fraction of sp³-hybridized carbons (Fsp3) is 0.647. The van der Waals surface area contributed by atoms with Crippen LogP contribution >= 0.6 is 23.2 Å². The summed E-state index contributed by atoms with van der Waals surface area (Å²) in [4.78, 5) is 0. The van der Waals surface area contributed by atoms with Gasteiger partial charge in [0, 0.05) is 5.41 Å². The summed E-state index contributed by atoms with van der Waals surface area (Å²) in [5.41, 5.74) is 1.10. The van der Waals surface area contributed by atoms with Crippen LogP contribution in [0.2, 0.25) is 10.0 Å². The summed E-state index contributed by atoms with van der Waals surface area (Å²) < 4.78 is 0. The number of halogens is 3. The van der Waals surface area contributed by atoms with Crippen molar-refractivity contribution < 1.29 is 17.5 Å². The van der Waals surface area contributed by atoms with Crippen molar-refractivity contribution in [2.24, 2.45) is 5.92 Å². The molecule has 0 bridgehead atoms. The Balaban J connectivity index is 0.00000161. The van der Waals surface area contributed by atoms with Crippen molar-refractivity contribution in [3.8, 4) is 0 Å². The zero-order valence-corrected chi connectivity index (χ0v) is 14.4. The molecule has 2 saturated carbocycles. The van der Waals surface area contributed by atoms with Gasteiger partial charge in [0.2, 0.25) is 0 Å². The van der Waals surface area contributed by atoms with Crippen molar-refractivity contribution in [1.82, 2.24) is 0 Å². The first-order valence-electron chi connectivity index (χ1n) is 7.75. The standard InChI is InChI=1S/C17H22Cl2O.ClH/c18-14-7-6-13(11-15(14)19)17(8-3-9-17)16(20)10-12-4-1-2-5-12;/h6-7,11-12,16,20H,1-5,8-10H2;1H/p-1. The second-order valence-corrected chi connectivity index (χ2v) is 7.35. The van der Waals surface area contributed by atoms with E-state index in [1.807, 2.05) is 18.2 Å². The van der Waals surface area contributed by atoms with E-state index < -0.39 is 0 Å². The van der Waals surface area contributed by atoms with Gasteiger partial charge in [-0.05, 0) is 42.9 Å². The molecule has 0 spiro atoms. The van der Waals surface area contributed by atoms with Gasteiger partial charge in [-0.15, -0.1) is 0 Å². The lowest BCUT2D eigenvalue weighted by Gasteiger charge is -2.47. The Kier molecular flexibility index (Phi) is 5.87. The maximum absolute atomic E-state index is 10.8. The highest BCUT2D eigenvalue weighted by atomic mass is 35.5. The van der Waals surface area contributed by atoms with Crippen LogP contribution in [0.5, 0.6) is 0 Å². The third-order valence-corrected chi connectivity index (χ3v) is 6.15. The first-order chi connectivity index (χ1) is 9.62. The highest BCUT2D eigenvalue weighted by Crippen LogP contribution is 2.49. The van der Waals surface area contributed by atoms with Crippen LogP contribution in [0.1, 0.15) is 56.9 Å². The highest BCUT2D eigenvalue weighted by molar-refractivity contribution is 6.42. The minimum absolute atomic E-state index is 0. The molecule has 1 aromatic carbocycles. The molecule has 118 valence electrons. The summed E-state index contributed by atoms with van der Waals surface area (Å²) in [7, 11) is 0. The monoisotopic (exact) mass is 347 g/mol. The number of hydrogen-bond acceptors (Lipinski definition) is 1. The van der Waals surface area contributed by atoms with Gasteiger partial charge in [0.25, 0.3) is 0 Å². The molecule has 0 radical (unpaired) electrons. The fourth-order valence-electron chi connectivity index (χ4n) is 3.97. The molecule has 1 atom stereocenters. The predicted molar refractivity (Wildman–Crippen MR) is 84.6 cm³/mol. The van der Waals surface area contributed by atoms with Crippen molar-refractivity contribution in [3.63, 3.8) is 0 Å². The average molecular weight is 349 g/mol. The Morgan fingerprint density at radius 1 is 1.10 bits per heavy atom. The van der Waals surface area contributed by atoms with E-state index in [9.17, 15) is 5.11 Å². The van der Waals surface area contributed by atoms with Crippen molar-refractivity contribution in [2.45, 2.75) is 62.9 Å². The second-order valence-electron chi connectivity index (χ2n) is 6.54. The van der Waals surface area contributed by atoms with Crippen molar-refractivity contribution in [3.05, 3.63) is 33.8 Å². The Labute approximate surface area is 143 Å². The molecule has 0 aromatic heterocycles. The lowest BCUT2D eigenvalue weighted by molar-refractivity contribution is -0.0000145.